The van der Waals surface area contributed by atoms with E-state index in [0.717, 1.165) is 21.0 Å². The molecule has 0 saturated carbocycles. The molecule has 0 unspecified atom stereocenters. The normalized spacial score (nSPS) is 12.1. The summed E-state index contributed by atoms with van der Waals surface area (Å²) < 4.78 is 20.0. The quantitative estimate of drug-likeness (QED) is 0.356. The van der Waals surface area contributed by atoms with Crippen LogP contribution in [0.25, 0.3) is 10.2 Å². The van der Waals surface area contributed by atoms with Crippen LogP contribution >= 0.6 is 22.9 Å². The van der Waals surface area contributed by atoms with Crippen molar-refractivity contribution >= 4 is 50.4 Å². The molecule has 0 aliphatic heterocycles. The highest BCUT2D eigenvalue weighted by atomic mass is 35.5. The van der Waals surface area contributed by atoms with Crippen molar-refractivity contribution < 1.29 is 13.6 Å². The van der Waals surface area contributed by atoms with Crippen LogP contribution in [0.4, 0.5) is 15.8 Å². The Bertz CT molecular complexity index is 1180. The zero-order valence-corrected chi connectivity index (χ0v) is 17.3. The number of amides is 1. The monoisotopic (exact) mass is 444 g/mol. The summed E-state index contributed by atoms with van der Waals surface area (Å²) in [7, 11) is 0. The Kier molecular flexibility index (Phi) is 5.98. The van der Waals surface area contributed by atoms with Crippen LogP contribution in [0.15, 0.2) is 59.2 Å². The van der Waals surface area contributed by atoms with E-state index in [1.807, 2.05) is 18.2 Å². The van der Waals surface area contributed by atoms with Gasteiger partial charge in [-0.1, -0.05) is 23.7 Å². The van der Waals surface area contributed by atoms with E-state index in [-0.39, 0.29) is 12.1 Å². The number of benzene rings is 1. The van der Waals surface area contributed by atoms with E-state index in [2.05, 4.69) is 15.6 Å². The first kappa shape index (κ1) is 20.3. The highest BCUT2D eigenvalue weighted by Gasteiger charge is 2.18. The van der Waals surface area contributed by atoms with Crippen molar-refractivity contribution in [1.82, 2.24) is 4.98 Å². The first-order valence-electron chi connectivity index (χ1n) is 9.16. The number of halogens is 2. The fourth-order valence-electron chi connectivity index (χ4n) is 2.96. The van der Waals surface area contributed by atoms with Crippen LogP contribution in [0.1, 0.15) is 10.6 Å². The molecule has 3 heterocycles. The van der Waals surface area contributed by atoms with Crippen molar-refractivity contribution in [2.24, 2.45) is 5.73 Å². The van der Waals surface area contributed by atoms with Crippen LogP contribution in [0.2, 0.25) is 5.15 Å². The number of thiophene rings is 1. The largest absolute Gasteiger partial charge is 0.467 e. The Labute approximate surface area is 180 Å². The SMILES string of the molecule is N[C@H](Cc1cc2nc(Cl)cc(NCc3ccco3)c2s1)C(=O)Nc1ccccc1F. The second-order valence-electron chi connectivity index (χ2n) is 6.63. The lowest BCUT2D eigenvalue weighted by atomic mass is 10.1. The second-order valence-corrected chi connectivity index (χ2v) is 8.16. The number of furan rings is 1. The molecule has 4 rings (SSSR count). The predicted octanol–water partition coefficient (Wildman–Crippen LogP) is 4.80. The van der Waals surface area contributed by atoms with Gasteiger partial charge in [0.1, 0.15) is 16.7 Å². The number of carbonyl (C=O) groups is 1. The number of nitrogens with zero attached hydrogens (tertiary/aromatic N) is 1. The molecule has 9 heteroatoms. The number of pyridine rings is 1. The van der Waals surface area contributed by atoms with Crippen molar-refractivity contribution in [1.29, 1.82) is 0 Å². The first-order chi connectivity index (χ1) is 14.5. The molecule has 0 fully saturated rings. The number of aromatic nitrogens is 1. The zero-order valence-electron chi connectivity index (χ0n) is 15.7. The molecule has 0 spiro atoms. The number of nitrogens with two attached hydrogens (primary N) is 1. The molecule has 0 bridgehead atoms. The maximum absolute atomic E-state index is 13.7. The summed E-state index contributed by atoms with van der Waals surface area (Å²) in [6.45, 7) is 0.500. The van der Waals surface area contributed by atoms with Crippen molar-refractivity contribution in [3.05, 3.63) is 76.4 Å². The van der Waals surface area contributed by atoms with Crippen molar-refractivity contribution in [2.75, 3.05) is 10.6 Å². The predicted molar refractivity (Wildman–Crippen MR) is 117 cm³/mol. The van der Waals surface area contributed by atoms with E-state index < -0.39 is 17.8 Å². The smallest absolute Gasteiger partial charge is 0.241 e. The summed E-state index contributed by atoms with van der Waals surface area (Å²) in [5.41, 5.74) is 7.70. The molecule has 4 N–H and O–H groups in total. The maximum Gasteiger partial charge on any atom is 0.241 e. The number of hydrogen-bond donors (Lipinski definition) is 3. The average Bonchev–Trinajstić information content (AvgIpc) is 3.37. The lowest BCUT2D eigenvalue weighted by Crippen LogP contribution is -2.37. The Morgan fingerprint density at radius 2 is 2.07 bits per heavy atom. The Morgan fingerprint density at radius 1 is 1.23 bits per heavy atom. The molecule has 0 saturated heterocycles. The van der Waals surface area contributed by atoms with Gasteiger partial charge in [0, 0.05) is 17.4 Å². The van der Waals surface area contributed by atoms with Gasteiger partial charge in [0.25, 0.3) is 0 Å². The lowest BCUT2D eigenvalue weighted by Gasteiger charge is -2.11. The third-order valence-corrected chi connectivity index (χ3v) is 5.80. The van der Waals surface area contributed by atoms with Crippen LogP contribution in [0.3, 0.4) is 0 Å². The van der Waals surface area contributed by atoms with Crippen molar-refractivity contribution in [2.45, 2.75) is 19.0 Å². The molecule has 4 aromatic rings. The van der Waals surface area contributed by atoms with E-state index in [1.165, 1.54) is 23.5 Å². The number of carbonyl (C=O) groups excluding carboxylic acids is 1. The third kappa shape index (κ3) is 4.62. The minimum absolute atomic E-state index is 0.104. The van der Waals surface area contributed by atoms with Crippen LogP contribution < -0.4 is 16.4 Å². The van der Waals surface area contributed by atoms with Gasteiger partial charge in [-0.15, -0.1) is 11.3 Å². The summed E-state index contributed by atoms with van der Waals surface area (Å²) in [6.07, 6.45) is 1.90. The summed E-state index contributed by atoms with van der Waals surface area (Å²) >= 11 is 7.64. The van der Waals surface area contributed by atoms with Gasteiger partial charge in [-0.05, 0) is 30.3 Å². The van der Waals surface area contributed by atoms with Gasteiger partial charge >= 0.3 is 0 Å². The van der Waals surface area contributed by atoms with Crippen LogP contribution in [-0.2, 0) is 17.8 Å². The molecule has 3 aromatic heterocycles. The number of anilines is 2. The second kappa shape index (κ2) is 8.83. The molecule has 154 valence electrons. The topological polar surface area (TPSA) is 93.2 Å². The molecule has 1 aromatic carbocycles. The van der Waals surface area contributed by atoms with Gasteiger partial charge in [-0.2, -0.15) is 0 Å². The van der Waals surface area contributed by atoms with Gasteiger partial charge in [-0.3, -0.25) is 4.79 Å². The molecule has 1 atom stereocenters. The zero-order chi connectivity index (χ0) is 21.1. The molecule has 30 heavy (non-hydrogen) atoms. The Hall–Kier alpha value is -2.94. The Morgan fingerprint density at radius 3 is 2.83 bits per heavy atom. The van der Waals surface area contributed by atoms with Crippen molar-refractivity contribution in [3.63, 3.8) is 0 Å². The first-order valence-corrected chi connectivity index (χ1v) is 10.4. The van der Waals surface area contributed by atoms with Crippen LogP contribution in [0.5, 0.6) is 0 Å². The third-order valence-electron chi connectivity index (χ3n) is 4.42. The fraction of sp³-hybridized carbons (Fsp3) is 0.143. The van der Waals surface area contributed by atoms with E-state index in [1.54, 1.807) is 24.5 Å². The van der Waals surface area contributed by atoms with Crippen LogP contribution in [0, 0.1) is 5.82 Å². The molecule has 0 aliphatic rings. The summed E-state index contributed by atoms with van der Waals surface area (Å²) in [4.78, 5) is 17.6. The van der Waals surface area contributed by atoms with Crippen molar-refractivity contribution in [3.8, 4) is 0 Å². The molecule has 0 aliphatic carbocycles. The lowest BCUT2D eigenvalue weighted by molar-refractivity contribution is -0.117. The molecular weight excluding hydrogens is 427 g/mol. The summed E-state index contributed by atoms with van der Waals surface area (Å²) in [6, 6.07) is 12.4. The van der Waals surface area contributed by atoms with E-state index >= 15 is 0 Å². The highest BCUT2D eigenvalue weighted by Crippen LogP contribution is 2.33. The molecular formula is C21H18ClFN4O2S. The highest BCUT2D eigenvalue weighted by molar-refractivity contribution is 7.19. The van der Waals surface area contributed by atoms with Gasteiger partial charge in [0.2, 0.25) is 5.91 Å². The van der Waals surface area contributed by atoms with Gasteiger partial charge in [-0.25, -0.2) is 9.37 Å². The molecule has 0 radical (unpaired) electrons. The number of hydrogen-bond acceptors (Lipinski definition) is 6. The Balaban J connectivity index is 1.49. The van der Waals surface area contributed by atoms with Crippen LogP contribution in [-0.4, -0.2) is 16.9 Å². The number of rotatable bonds is 7. The van der Waals surface area contributed by atoms with Gasteiger partial charge in [0.15, 0.2) is 0 Å². The minimum Gasteiger partial charge on any atom is -0.467 e. The van der Waals surface area contributed by atoms with E-state index in [4.69, 9.17) is 21.8 Å². The summed E-state index contributed by atoms with van der Waals surface area (Å²) in [5.74, 6) is -0.176. The van der Waals surface area contributed by atoms with Gasteiger partial charge < -0.3 is 20.8 Å². The van der Waals surface area contributed by atoms with Gasteiger partial charge in [0.05, 0.1) is 40.4 Å². The van der Waals surface area contributed by atoms with E-state index in [0.29, 0.717) is 17.2 Å². The van der Waals surface area contributed by atoms with E-state index in [9.17, 15) is 9.18 Å². The summed E-state index contributed by atoms with van der Waals surface area (Å²) in [5, 5.41) is 6.18. The fourth-order valence-corrected chi connectivity index (χ4v) is 4.31. The maximum atomic E-state index is 13.7. The molecule has 6 nitrogen and oxygen atoms in total. The average molecular weight is 445 g/mol. The number of nitrogens with one attached hydrogen (secondary N) is 2. The standard InChI is InChI=1S/C21H18ClFN4O2S/c22-19-10-17(25-11-12-4-3-7-29-12)20-18(26-19)9-13(30-20)8-15(24)21(28)27-16-6-2-1-5-14(16)23/h1-7,9-10,15H,8,11,24H2,(H,25,26)(H,27,28)/t15-/m1/s1. The number of fused-ring (bicyclic) bond motifs is 1. The number of para-hydroxylation sites is 1. The molecule has 1 amide bonds. The minimum atomic E-state index is -0.840.